The minimum absolute atomic E-state index is 0.0570. The minimum atomic E-state index is -1.77. The fourth-order valence-electron chi connectivity index (χ4n) is 5.51. The number of benzene rings is 1. The number of alkyl halides is 4. The highest BCUT2D eigenvalue weighted by Crippen LogP contribution is 2.78. The first-order chi connectivity index (χ1) is 14.1. The van der Waals surface area contributed by atoms with E-state index in [0.29, 0.717) is 29.7 Å². The molecule has 0 N–H and O–H groups in total. The number of rotatable bonds is 1. The molecule has 30 heavy (non-hydrogen) atoms. The number of allylic oxidation sites excluding steroid dienone is 4. The Morgan fingerprint density at radius 3 is 1.63 bits per heavy atom. The summed E-state index contributed by atoms with van der Waals surface area (Å²) in [5.74, 6) is 0. The first kappa shape index (κ1) is 19.8. The molecule has 3 aliphatic carbocycles. The third kappa shape index (κ3) is 1.78. The molecule has 11 heteroatoms. The Balaban J connectivity index is 1.67. The summed E-state index contributed by atoms with van der Waals surface area (Å²) in [4.78, 5) is 23.6. The van der Waals surface area contributed by atoms with Crippen LogP contribution in [0.5, 0.6) is 0 Å². The van der Waals surface area contributed by atoms with Gasteiger partial charge in [0.05, 0.1) is 27.8 Å². The van der Waals surface area contributed by atoms with E-state index < -0.39 is 37.5 Å². The van der Waals surface area contributed by atoms with E-state index in [1.54, 1.807) is 24.3 Å². The number of nitrogens with zero attached hydrogens (tertiary/aromatic N) is 3. The molecule has 1 aromatic heterocycles. The number of halogens is 6. The summed E-state index contributed by atoms with van der Waals surface area (Å²) in [7, 11) is 0. The molecular formula is C19H11Cl6N3O2. The smallest absolute Gasteiger partial charge is 0.245 e. The van der Waals surface area contributed by atoms with Crippen molar-refractivity contribution in [3.8, 4) is 5.69 Å². The molecule has 2 aromatic rings. The Kier molecular flexibility index (Phi) is 3.80. The van der Waals surface area contributed by atoms with Gasteiger partial charge < -0.3 is 0 Å². The maximum atomic E-state index is 13.4. The zero-order valence-corrected chi connectivity index (χ0v) is 19.4. The molecule has 4 bridgehead atoms. The maximum absolute atomic E-state index is 13.4. The first-order valence-electron chi connectivity index (χ1n) is 9.18. The van der Waals surface area contributed by atoms with Gasteiger partial charge in [-0.05, 0) is 36.1 Å². The molecule has 2 aliphatic heterocycles. The lowest BCUT2D eigenvalue weighted by atomic mass is 9.77. The standard InChI is InChI=1S/C19H11Cl6N3O2/c20-13-14(21)18(23)12-10-7-6-9(11(12)17(13,22)19(18,24)25)27-15(29)26(16(30)28(10)27)8-4-2-1-3-5-8/h1-5,9-10H,6-7H2/t9-,10+,17+,18-. The molecule has 156 valence electrons. The Labute approximate surface area is 199 Å². The number of hydrogen-bond donors (Lipinski definition) is 0. The fraction of sp³-hybridized carbons (Fsp3) is 0.368. The van der Waals surface area contributed by atoms with Crippen LogP contribution in [0.25, 0.3) is 5.69 Å². The van der Waals surface area contributed by atoms with E-state index in [-0.39, 0.29) is 10.1 Å². The van der Waals surface area contributed by atoms with E-state index in [1.807, 2.05) is 6.07 Å². The van der Waals surface area contributed by atoms with Crippen LogP contribution in [0, 0.1) is 0 Å². The molecule has 0 fully saturated rings. The van der Waals surface area contributed by atoms with Crippen molar-refractivity contribution in [1.82, 2.24) is 13.9 Å². The highest BCUT2D eigenvalue weighted by atomic mass is 35.5. The van der Waals surface area contributed by atoms with Gasteiger partial charge in [-0.1, -0.05) is 64.6 Å². The first-order valence-corrected chi connectivity index (χ1v) is 11.4. The van der Waals surface area contributed by atoms with Gasteiger partial charge in [0.25, 0.3) is 0 Å². The summed E-state index contributed by atoms with van der Waals surface area (Å²) in [5, 5.41) is 0.114. The van der Waals surface area contributed by atoms with Crippen LogP contribution >= 0.6 is 69.6 Å². The predicted molar refractivity (Wildman–Crippen MR) is 119 cm³/mol. The van der Waals surface area contributed by atoms with Crippen molar-refractivity contribution in [3.63, 3.8) is 0 Å². The maximum Gasteiger partial charge on any atom is 0.352 e. The predicted octanol–water partition coefficient (Wildman–Crippen LogP) is 4.83. The highest BCUT2D eigenvalue weighted by molar-refractivity contribution is 6.67. The molecule has 5 nitrogen and oxygen atoms in total. The second-order valence-corrected chi connectivity index (χ2v) is 11.1. The second kappa shape index (κ2) is 5.75. The molecule has 4 atom stereocenters. The SMILES string of the molecule is O=c1n(-c2ccccc2)c(=O)n2n1[C@@H]1CC[C@H]2C2=C1[C@]1(Cl)C(Cl)=C(Cl)[C@@]2(Cl)C1(Cl)Cl. The zero-order chi connectivity index (χ0) is 21.4. The van der Waals surface area contributed by atoms with E-state index in [1.165, 1.54) is 9.36 Å². The lowest BCUT2D eigenvalue weighted by Crippen LogP contribution is -2.48. The zero-order valence-electron chi connectivity index (χ0n) is 14.9. The van der Waals surface area contributed by atoms with Gasteiger partial charge in [0, 0.05) is 0 Å². The molecular weight excluding hydrogens is 515 g/mol. The molecule has 0 spiro atoms. The van der Waals surface area contributed by atoms with Crippen molar-refractivity contribution < 1.29 is 0 Å². The number of aromatic nitrogens is 3. The van der Waals surface area contributed by atoms with Gasteiger partial charge in [-0.3, -0.25) is 0 Å². The van der Waals surface area contributed by atoms with Crippen LogP contribution in [-0.2, 0) is 0 Å². The molecule has 0 unspecified atom stereocenters. The average molecular weight is 526 g/mol. The van der Waals surface area contributed by atoms with Crippen molar-refractivity contribution in [2.45, 2.75) is 39.0 Å². The third-order valence-corrected chi connectivity index (χ3v) is 10.8. The van der Waals surface area contributed by atoms with Crippen LogP contribution in [0.2, 0.25) is 0 Å². The average Bonchev–Trinajstić information content (AvgIpc) is 3.14. The van der Waals surface area contributed by atoms with Crippen molar-refractivity contribution in [1.29, 1.82) is 0 Å². The topological polar surface area (TPSA) is 48.9 Å². The number of hydrogen-bond acceptors (Lipinski definition) is 2. The molecule has 0 amide bonds. The van der Waals surface area contributed by atoms with E-state index >= 15 is 0 Å². The second-order valence-electron chi connectivity index (χ2n) is 7.88. The molecule has 0 saturated heterocycles. The summed E-state index contributed by atoms with van der Waals surface area (Å²) < 4.78 is 2.22. The third-order valence-electron chi connectivity index (χ3n) is 6.69. The highest BCUT2D eigenvalue weighted by Gasteiger charge is 2.81. The Hall–Kier alpha value is -0.820. The van der Waals surface area contributed by atoms with E-state index in [0.717, 1.165) is 4.57 Å². The molecule has 7 rings (SSSR count). The van der Waals surface area contributed by atoms with Crippen LogP contribution in [-0.4, -0.2) is 28.0 Å². The lowest BCUT2D eigenvalue weighted by molar-refractivity contribution is 0.226. The molecule has 0 saturated carbocycles. The van der Waals surface area contributed by atoms with Gasteiger partial charge in [-0.15, -0.1) is 23.2 Å². The van der Waals surface area contributed by atoms with Crippen molar-refractivity contribution >= 4 is 69.6 Å². The Bertz CT molecular complexity index is 1260. The number of para-hydroxylation sites is 1. The van der Waals surface area contributed by atoms with Gasteiger partial charge in [0.15, 0.2) is 4.33 Å². The van der Waals surface area contributed by atoms with E-state index in [2.05, 4.69) is 0 Å². The van der Waals surface area contributed by atoms with Gasteiger partial charge in [0.1, 0.15) is 9.75 Å². The van der Waals surface area contributed by atoms with Gasteiger partial charge in [0.2, 0.25) is 0 Å². The quantitative estimate of drug-likeness (QED) is 0.395. The Morgan fingerprint density at radius 1 is 0.767 bits per heavy atom. The van der Waals surface area contributed by atoms with E-state index in [4.69, 9.17) is 69.6 Å². The summed E-state index contributed by atoms with van der Waals surface area (Å²) >= 11 is 40.4. The van der Waals surface area contributed by atoms with Gasteiger partial charge in [-0.2, -0.15) is 0 Å². The normalized spacial score (nSPS) is 35.3. The van der Waals surface area contributed by atoms with E-state index in [9.17, 15) is 9.59 Å². The van der Waals surface area contributed by atoms with Crippen LogP contribution in [0.15, 0.2) is 61.1 Å². The van der Waals surface area contributed by atoms with Crippen LogP contribution in [0.4, 0.5) is 0 Å². The van der Waals surface area contributed by atoms with Crippen LogP contribution in [0.3, 0.4) is 0 Å². The van der Waals surface area contributed by atoms with Crippen molar-refractivity contribution in [2.24, 2.45) is 0 Å². The molecule has 1 aromatic carbocycles. The molecule has 0 radical (unpaired) electrons. The largest absolute Gasteiger partial charge is 0.352 e. The molecule has 5 aliphatic rings. The monoisotopic (exact) mass is 523 g/mol. The summed E-state index contributed by atoms with van der Waals surface area (Å²) in [6.45, 7) is 0. The van der Waals surface area contributed by atoms with Crippen LogP contribution in [0.1, 0.15) is 24.9 Å². The summed E-state index contributed by atoms with van der Waals surface area (Å²) in [5.41, 5.74) is 0.674. The summed E-state index contributed by atoms with van der Waals surface area (Å²) in [6.07, 6.45) is 1.13. The Morgan fingerprint density at radius 2 is 1.20 bits per heavy atom. The van der Waals surface area contributed by atoms with Crippen LogP contribution < -0.4 is 11.4 Å². The minimum Gasteiger partial charge on any atom is -0.245 e. The lowest BCUT2D eigenvalue weighted by Gasteiger charge is -2.45. The van der Waals surface area contributed by atoms with Crippen molar-refractivity contribution in [2.75, 3.05) is 0 Å². The summed E-state index contributed by atoms with van der Waals surface area (Å²) in [6, 6.07) is 7.60. The molecule has 3 heterocycles. The van der Waals surface area contributed by atoms with Gasteiger partial charge in [-0.25, -0.2) is 23.5 Å². The fourth-order valence-corrected chi connectivity index (χ4v) is 8.33. The van der Waals surface area contributed by atoms with Gasteiger partial charge >= 0.3 is 11.4 Å². The number of fused-ring (bicyclic) bond motifs is 3. The van der Waals surface area contributed by atoms with Crippen molar-refractivity contribution in [3.05, 3.63) is 72.5 Å².